The molecule has 0 spiro atoms. The topological polar surface area (TPSA) is 0 Å². The van der Waals surface area contributed by atoms with E-state index < -0.39 is 10.0 Å². The summed E-state index contributed by atoms with van der Waals surface area (Å²) in [5.41, 5.74) is 0. The smallest absolute Gasteiger partial charge is 0.0187 e. The van der Waals surface area contributed by atoms with Crippen LogP contribution in [0.3, 0.4) is 0 Å². The molecule has 1 fully saturated rings. The Hall–Kier alpha value is 0.260. The minimum atomic E-state index is -0.532. The minimum absolute atomic E-state index is 0.202. The summed E-state index contributed by atoms with van der Waals surface area (Å²) in [6.07, 6.45) is 10.2. The van der Waals surface area contributed by atoms with E-state index in [1.54, 1.807) is 0 Å². The molecule has 1 aliphatic heterocycles. The van der Waals surface area contributed by atoms with Crippen molar-refractivity contribution < 1.29 is 0 Å². The monoisotopic (exact) mass is 176 g/mol. The first-order chi connectivity index (χ1) is 4.54. The van der Waals surface area contributed by atoms with Gasteiger partial charge in [-0.3, -0.25) is 0 Å². The fraction of sp³-hybridized carbons (Fsp3) is 0.750. The molecule has 0 unspecified atom stereocenters. The molecular weight excluding hydrogens is 160 g/mol. The Balaban J connectivity index is 2.52. The zero-order chi connectivity index (χ0) is 7.83. The van der Waals surface area contributed by atoms with Gasteiger partial charge in [-0.25, -0.2) is 10.0 Å². The summed E-state index contributed by atoms with van der Waals surface area (Å²) in [5, 5.41) is 5.74. The minimum Gasteiger partial charge on any atom is -0.227 e. The van der Waals surface area contributed by atoms with Gasteiger partial charge in [-0.15, -0.1) is 6.42 Å². The van der Waals surface area contributed by atoms with Gasteiger partial charge in [0.15, 0.2) is 0 Å². The lowest BCUT2D eigenvalue weighted by Gasteiger charge is -2.57. The van der Waals surface area contributed by atoms with Crippen molar-refractivity contribution in [2.75, 3.05) is 28.4 Å². The fourth-order valence-corrected chi connectivity index (χ4v) is 13.1. The van der Waals surface area contributed by atoms with Crippen LogP contribution in [0.4, 0.5) is 0 Å². The molecule has 0 aliphatic carbocycles. The highest BCUT2D eigenvalue weighted by Gasteiger charge is 2.38. The summed E-state index contributed by atoms with van der Waals surface area (Å²) in [4.78, 5) is 0. The van der Waals surface area contributed by atoms with Crippen LogP contribution in [-0.2, 0) is 0 Å². The van der Waals surface area contributed by atoms with Crippen molar-refractivity contribution in [1.29, 1.82) is 0 Å². The highest BCUT2D eigenvalue weighted by molar-refractivity contribution is 8.64. The maximum atomic E-state index is 5.44. The first-order valence-corrected chi connectivity index (χ1v) is 8.39. The Morgan fingerprint density at radius 2 is 1.90 bits per heavy atom. The maximum Gasteiger partial charge on any atom is 0.0187 e. The van der Waals surface area contributed by atoms with Crippen LogP contribution >= 0.6 is 20.1 Å². The predicted molar refractivity (Wildman–Crippen MR) is 56.1 cm³/mol. The van der Waals surface area contributed by atoms with Crippen LogP contribution in [0.2, 0.25) is 0 Å². The summed E-state index contributed by atoms with van der Waals surface area (Å²) in [6.45, 7) is 2.30. The molecule has 0 amide bonds. The van der Waals surface area contributed by atoms with Gasteiger partial charge in [0.2, 0.25) is 0 Å². The van der Waals surface area contributed by atoms with Crippen LogP contribution in [0.25, 0.3) is 0 Å². The Bertz CT molecular complexity index is 172. The normalized spacial score (nSPS) is 58.6. The highest BCUT2D eigenvalue weighted by Crippen LogP contribution is 2.74. The number of rotatable bonds is 1. The molecule has 0 radical (unpaired) electrons. The van der Waals surface area contributed by atoms with Crippen LogP contribution in [0.5, 0.6) is 0 Å². The molecular formula is C8H16S2. The van der Waals surface area contributed by atoms with E-state index in [-0.39, 0.29) is 10.0 Å². The molecule has 2 heteroatoms. The zero-order valence-electron chi connectivity index (χ0n) is 7.02. The predicted octanol–water partition coefficient (Wildman–Crippen LogP) is 2.39. The Morgan fingerprint density at radius 1 is 1.40 bits per heavy atom. The van der Waals surface area contributed by atoms with Gasteiger partial charge in [-0.1, -0.05) is 12.2 Å². The first kappa shape index (κ1) is 8.36. The van der Waals surface area contributed by atoms with Gasteiger partial charge in [-0.05, 0) is 18.3 Å². The molecule has 0 atom stereocenters. The van der Waals surface area contributed by atoms with Crippen molar-refractivity contribution in [2.24, 2.45) is 0 Å². The Morgan fingerprint density at radius 3 is 2.20 bits per heavy atom. The summed E-state index contributed by atoms with van der Waals surface area (Å²) in [7, 11) is -0.734. The third kappa shape index (κ3) is 1.31. The van der Waals surface area contributed by atoms with Gasteiger partial charge < -0.3 is 0 Å². The first-order valence-electron chi connectivity index (χ1n) is 3.46. The van der Waals surface area contributed by atoms with E-state index in [2.05, 4.69) is 24.7 Å². The maximum absolute atomic E-state index is 5.44. The van der Waals surface area contributed by atoms with Crippen LogP contribution < -0.4 is 0 Å². The molecule has 0 saturated carbocycles. The highest BCUT2D eigenvalue weighted by atomic mass is 32.4. The molecule has 0 bridgehead atoms. The quantitative estimate of drug-likeness (QED) is 0.538. The molecule has 1 aliphatic rings. The number of terminal acetylenes is 1. The number of hydrogen-bond donors (Lipinski definition) is 0. The molecule has 0 N–H and O–H groups in total. The molecule has 60 valence electrons. The Kier molecular flexibility index (Phi) is 2.00. The molecule has 1 heterocycles. The molecule has 0 nitrogen and oxygen atoms in total. The third-order valence-corrected chi connectivity index (χ3v) is 12.7. The van der Waals surface area contributed by atoms with Gasteiger partial charge >= 0.3 is 0 Å². The summed E-state index contributed by atoms with van der Waals surface area (Å²) in [5.74, 6) is 1.37. The standard InChI is InChI=1S/C8H16S2/c1-5-9(3)7-10(4,6-2)8-9/h1H,6-8H2,2-4H3. The molecule has 0 aromatic rings. The second-order valence-electron chi connectivity index (χ2n) is 3.39. The van der Waals surface area contributed by atoms with Gasteiger partial charge in [-0.2, -0.15) is 10.0 Å². The lowest BCUT2D eigenvalue weighted by Crippen LogP contribution is -2.28. The van der Waals surface area contributed by atoms with Crippen LogP contribution in [0.1, 0.15) is 6.92 Å². The lowest BCUT2D eigenvalue weighted by molar-refractivity contribution is 1.47. The average Bonchev–Trinajstić information content (AvgIpc) is 1.85. The second kappa shape index (κ2) is 2.39. The van der Waals surface area contributed by atoms with E-state index in [1.807, 2.05) is 0 Å². The third-order valence-electron chi connectivity index (χ3n) is 2.07. The van der Waals surface area contributed by atoms with Gasteiger partial charge in [0, 0.05) is 10.2 Å². The van der Waals surface area contributed by atoms with E-state index in [1.165, 1.54) is 15.9 Å². The number of hydrogen-bond acceptors (Lipinski definition) is 0. The van der Waals surface area contributed by atoms with Crippen LogP contribution in [0.15, 0.2) is 0 Å². The van der Waals surface area contributed by atoms with Crippen molar-refractivity contribution in [3.8, 4) is 11.7 Å². The second-order valence-corrected chi connectivity index (χ2v) is 11.6. The van der Waals surface area contributed by atoms with Crippen molar-refractivity contribution in [2.45, 2.75) is 6.92 Å². The largest absolute Gasteiger partial charge is 0.227 e. The van der Waals surface area contributed by atoms with E-state index in [0.717, 1.165) is 0 Å². The molecule has 1 saturated heterocycles. The van der Waals surface area contributed by atoms with Crippen molar-refractivity contribution in [3.05, 3.63) is 0 Å². The van der Waals surface area contributed by atoms with E-state index >= 15 is 0 Å². The van der Waals surface area contributed by atoms with Crippen LogP contribution in [0, 0.1) is 11.7 Å². The van der Waals surface area contributed by atoms with E-state index in [9.17, 15) is 0 Å². The van der Waals surface area contributed by atoms with Gasteiger partial charge in [0.05, 0.1) is 0 Å². The van der Waals surface area contributed by atoms with E-state index in [0.29, 0.717) is 0 Å². The zero-order valence-corrected chi connectivity index (χ0v) is 8.65. The van der Waals surface area contributed by atoms with Gasteiger partial charge in [0.25, 0.3) is 0 Å². The van der Waals surface area contributed by atoms with Crippen molar-refractivity contribution in [3.63, 3.8) is 0 Å². The van der Waals surface area contributed by atoms with Crippen LogP contribution in [-0.4, -0.2) is 28.4 Å². The molecule has 1 rings (SSSR count). The SMILES string of the molecule is C#CS1(C)CS(C)(CC)C1. The van der Waals surface area contributed by atoms with E-state index in [4.69, 9.17) is 6.42 Å². The Labute approximate surface area is 67.4 Å². The summed E-state index contributed by atoms with van der Waals surface area (Å²) < 4.78 is 0. The average molecular weight is 176 g/mol. The summed E-state index contributed by atoms with van der Waals surface area (Å²) >= 11 is 0. The fourth-order valence-electron chi connectivity index (χ4n) is 1.46. The lowest BCUT2D eigenvalue weighted by atomic mass is 11.0. The van der Waals surface area contributed by atoms with Crippen molar-refractivity contribution >= 4 is 20.1 Å². The van der Waals surface area contributed by atoms with Crippen molar-refractivity contribution in [1.82, 2.24) is 0 Å². The molecule has 0 aromatic carbocycles. The molecule has 10 heavy (non-hydrogen) atoms. The van der Waals surface area contributed by atoms with Gasteiger partial charge in [0.1, 0.15) is 0 Å². The molecule has 0 aromatic heterocycles. The summed E-state index contributed by atoms with van der Waals surface area (Å²) in [6, 6.07) is 0.